The van der Waals surface area contributed by atoms with Gasteiger partial charge in [-0.05, 0) is 85.8 Å². The Bertz CT molecular complexity index is 1380. The van der Waals surface area contributed by atoms with Crippen molar-refractivity contribution in [3.05, 3.63) is 82.9 Å². The van der Waals surface area contributed by atoms with Crippen LogP contribution in [0.5, 0.6) is 0 Å². The molecule has 4 aromatic rings. The van der Waals surface area contributed by atoms with Gasteiger partial charge in [-0.15, -0.1) is 0 Å². The molecule has 1 atom stereocenters. The summed E-state index contributed by atoms with van der Waals surface area (Å²) in [5.74, 6) is -1.03. The van der Waals surface area contributed by atoms with E-state index in [1.807, 2.05) is 83.3 Å². The van der Waals surface area contributed by atoms with Crippen LogP contribution in [0.25, 0.3) is 33.0 Å². The summed E-state index contributed by atoms with van der Waals surface area (Å²) in [7, 11) is 0. The van der Waals surface area contributed by atoms with Crippen LogP contribution in [0.3, 0.4) is 0 Å². The third kappa shape index (κ3) is 4.81. The van der Waals surface area contributed by atoms with Crippen LogP contribution in [0.1, 0.15) is 43.7 Å². The molecule has 1 heterocycles. The highest BCUT2D eigenvalue weighted by atomic mass is 35.5. The van der Waals surface area contributed by atoms with Crippen molar-refractivity contribution in [3.63, 3.8) is 0 Å². The van der Waals surface area contributed by atoms with Crippen molar-refractivity contribution in [2.24, 2.45) is 0 Å². The van der Waals surface area contributed by atoms with Crippen molar-refractivity contribution in [3.8, 4) is 22.3 Å². The van der Waals surface area contributed by atoms with E-state index < -0.39 is 17.7 Å². The van der Waals surface area contributed by atoms with Gasteiger partial charge >= 0.3 is 5.97 Å². The minimum Gasteiger partial charge on any atom is -0.479 e. The first-order valence-corrected chi connectivity index (χ1v) is 11.4. The summed E-state index contributed by atoms with van der Waals surface area (Å²) in [6.07, 6.45) is 2.22. The summed E-state index contributed by atoms with van der Waals surface area (Å²) in [5, 5.41) is 12.7. The van der Waals surface area contributed by atoms with Crippen molar-refractivity contribution >= 4 is 28.3 Å². The molecule has 0 radical (unpaired) electrons. The molecule has 0 saturated carbocycles. The van der Waals surface area contributed by atoms with Crippen LogP contribution in [0, 0.1) is 13.8 Å². The number of benzene rings is 3. The predicted molar refractivity (Wildman–Crippen MR) is 136 cm³/mol. The van der Waals surface area contributed by atoms with Crippen LogP contribution in [0.4, 0.5) is 0 Å². The van der Waals surface area contributed by atoms with E-state index >= 15 is 0 Å². The molecule has 4 rings (SSSR count). The molecule has 0 saturated heterocycles. The third-order valence-electron chi connectivity index (χ3n) is 5.70. The van der Waals surface area contributed by atoms with E-state index in [0.29, 0.717) is 10.6 Å². The summed E-state index contributed by atoms with van der Waals surface area (Å²) in [4.78, 5) is 20.9. The molecule has 34 heavy (non-hydrogen) atoms. The number of halogens is 1. The summed E-state index contributed by atoms with van der Waals surface area (Å²) in [6, 6.07) is 15.6. The number of rotatable bonds is 5. The average Bonchev–Trinajstić information content (AvgIpc) is 2.77. The number of aromatic nitrogens is 2. The molecule has 1 unspecified atom stereocenters. The fourth-order valence-corrected chi connectivity index (χ4v) is 4.38. The van der Waals surface area contributed by atoms with Crippen LogP contribution in [0.15, 0.2) is 61.1 Å². The largest absolute Gasteiger partial charge is 0.479 e. The molecule has 5 nitrogen and oxygen atoms in total. The van der Waals surface area contributed by atoms with E-state index in [-0.39, 0.29) is 0 Å². The van der Waals surface area contributed by atoms with Crippen LogP contribution in [-0.2, 0) is 9.53 Å². The van der Waals surface area contributed by atoms with E-state index in [1.165, 1.54) is 6.33 Å². The van der Waals surface area contributed by atoms with Gasteiger partial charge in [0.2, 0.25) is 0 Å². The number of hydrogen-bond donors (Lipinski definition) is 1. The SMILES string of the molecule is Cc1cc2cc(-c3cncnc3C)ccc2c(-c2ccc(Cl)cc2)c1C(OC(C)(C)C)C(=O)O. The molecular weight excluding hydrogens is 448 g/mol. The number of fused-ring (bicyclic) bond motifs is 1. The Morgan fingerprint density at radius 1 is 1.03 bits per heavy atom. The van der Waals surface area contributed by atoms with Crippen LogP contribution in [-0.4, -0.2) is 26.6 Å². The maximum absolute atomic E-state index is 12.4. The molecule has 0 bridgehead atoms. The minimum absolute atomic E-state index is 0.616. The first kappa shape index (κ1) is 23.9. The Morgan fingerprint density at radius 2 is 1.71 bits per heavy atom. The first-order valence-electron chi connectivity index (χ1n) is 11.1. The lowest BCUT2D eigenvalue weighted by Gasteiger charge is -2.28. The maximum atomic E-state index is 12.4. The summed E-state index contributed by atoms with van der Waals surface area (Å²) < 4.78 is 6.07. The molecular formula is C28H27ClN2O3. The highest BCUT2D eigenvalue weighted by Gasteiger charge is 2.31. The summed E-state index contributed by atoms with van der Waals surface area (Å²) in [6.45, 7) is 9.46. The highest BCUT2D eigenvalue weighted by Crippen LogP contribution is 2.41. The van der Waals surface area contributed by atoms with Gasteiger partial charge < -0.3 is 9.84 Å². The minimum atomic E-state index is -1.13. The molecule has 0 amide bonds. The van der Waals surface area contributed by atoms with Crippen molar-refractivity contribution in [2.75, 3.05) is 0 Å². The molecule has 0 fully saturated rings. The molecule has 0 aliphatic heterocycles. The normalized spacial score (nSPS) is 12.6. The quantitative estimate of drug-likeness (QED) is 0.331. The highest BCUT2D eigenvalue weighted by molar-refractivity contribution is 6.30. The van der Waals surface area contributed by atoms with Gasteiger partial charge in [0.25, 0.3) is 0 Å². The van der Waals surface area contributed by atoms with Gasteiger partial charge in [-0.1, -0.05) is 41.9 Å². The molecule has 0 spiro atoms. The lowest BCUT2D eigenvalue weighted by molar-refractivity contribution is -0.160. The second-order valence-corrected chi connectivity index (χ2v) is 9.83. The monoisotopic (exact) mass is 474 g/mol. The van der Waals surface area contributed by atoms with Crippen molar-refractivity contribution in [1.29, 1.82) is 0 Å². The average molecular weight is 475 g/mol. The molecule has 6 heteroatoms. The maximum Gasteiger partial charge on any atom is 0.337 e. The lowest BCUT2D eigenvalue weighted by Crippen LogP contribution is -2.28. The smallest absolute Gasteiger partial charge is 0.337 e. The van der Waals surface area contributed by atoms with E-state index in [9.17, 15) is 9.90 Å². The standard InChI is InChI=1S/C28H27ClN2O3/c1-16-12-20-13-19(23-14-30-15-31-17(23)2)8-11-22(20)25(18-6-9-21(29)10-7-18)24(16)26(27(32)33)34-28(3,4)5/h6-15,26H,1-5H3,(H,32,33). The van der Waals surface area contributed by atoms with Crippen molar-refractivity contribution in [2.45, 2.75) is 46.3 Å². The van der Waals surface area contributed by atoms with Gasteiger partial charge in [0, 0.05) is 28.0 Å². The number of hydrogen-bond acceptors (Lipinski definition) is 4. The van der Waals surface area contributed by atoms with Crippen LogP contribution < -0.4 is 0 Å². The van der Waals surface area contributed by atoms with Gasteiger partial charge in [-0.25, -0.2) is 14.8 Å². The van der Waals surface area contributed by atoms with Gasteiger partial charge in [0.1, 0.15) is 6.33 Å². The fraction of sp³-hybridized carbons (Fsp3) is 0.250. The van der Waals surface area contributed by atoms with E-state index in [2.05, 4.69) is 16.0 Å². The zero-order valence-electron chi connectivity index (χ0n) is 19.9. The third-order valence-corrected chi connectivity index (χ3v) is 5.95. The Hall–Kier alpha value is -3.28. The van der Waals surface area contributed by atoms with Gasteiger partial charge in [-0.2, -0.15) is 0 Å². The molecule has 1 N–H and O–H groups in total. The zero-order chi connectivity index (χ0) is 24.6. The molecule has 1 aromatic heterocycles. The number of aliphatic carboxylic acids is 1. The number of nitrogens with zero attached hydrogens (tertiary/aromatic N) is 2. The first-order chi connectivity index (χ1) is 16.0. The fourth-order valence-electron chi connectivity index (χ4n) is 4.26. The molecule has 3 aromatic carbocycles. The Balaban J connectivity index is 2.03. The predicted octanol–water partition coefficient (Wildman–Crippen LogP) is 7.17. The Morgan fingerprint density at radius 3 is 2.32 bits per heavy atom. The van der Waals surface area contributed by atoms with Crippen LogP contribution in [0.2, 0.25) is 5.02 Å². The molecule has 0 aliphatic rings. The topological polar surface area (TPSA) is 72.3 Å². The Kier molecular flexibility index (Phi) is 6.43. The van der Waals surface area contributed by atoms with Crippen LogP contribution >= 0.6 is 11.6 Å². The molecule has 174 valence electrons. The number of ether oxygens (including phenoxy) is 1. The number of carboxylic acids is 1. The number of carbonyl (C=O) groups is 1. The number of carboxylic acid groups (broad SMARTS) is 1. The van der Waals surface area contributed by atoms with Crippen molar-refractivity contribution in [1.82, 2.24) is 9.97 Å². The lowest BCUT2D eigenvalue weighted by atomic mass is 9.86. The van der Waals surface area contributed by atoms with E-state index in [4.69, 9.17) is 16.3 Å². The Labute approximate surface area is 204 Å². The second-order valence-electron chi connectivity index (χ2n) is 9.40. The second kappa shape index (κ2) is 9.16. The van der Waals surface area contributed by atoms with Crippen molar-refractivity contribution < 1.29 is 14.6 Å². The summed E-state index contributed by atoms with van der Waals surface area (Å²) >= 11 is 6.16. The van der Waals surface area contributed by atoms with Gasteiger partial charge in [-0.3, -0.25) is 0 Å². The van der Waals surface area contributed by atoms with E-state index in [0.717, 1.165) is 44.3 Å². The summed E-state index contributed by atoms with van der Waals surface area (Å²) in [5.41, 5.74) is 5.40. The number of aryl methyl sites for hydroxylation is 2. The van der Waals surface area contributed by atoms with Gasteiger partial charge in [0.05, 0.1) is 5.60 Å². The van der Waals surface area contributed by atoms with E-state index in [1.54, 1.807) is 0 Å². The zero-order valence-corrected chi connectivity index (χ0v) is 20.6. The van der Waals surface area contributed by atoms with Gasteiger partial charge in [0.15, 0.2) is 6.10 Å². The molecule has 0 aliphatic carbocycles.